The topological polar surface area (TPSA) is 65.0 Å². The van der Waals surface area contributed by atoms with Crippen molar-refractivity contribution in [3.05, 3.63) is 174 Å². The normalized spacial score (nSPS) is 17.9. The van der Waals surface area contributed by atoms with Crippen LogP contribution in [0.3, 0.4) is 0 Å². The first-order chi connectivity index (χ1) is 27.5. The van der Waals surface area contributed by atoms with Crippen molar-refractivity contribution in [2.45, 2.75) is 38.0 Å². The van der Waals surface area contributed by atoms with Crippen LogP contribution in [-0.4, -0.2) is 15.0 Å². The highest BCUT2D eigenvalue weighted by Crippen LogP contribution is 2.45. The van der Waals surface area contributed by atoms with E-state index in [2.05, 4.69) is 147 Å². The molecule has 0 amide bonds. The molecule has 268 valence electrons. The Balaban J connectivity index is 1.19. The van der Waals surface area contributed by atoms with Crippen molar-refractivity contribution >= 4 is 55.3 Å². The number of hydrogen-bond donors (Lipinski definition) is 0. The Labute approximate surface area is 324 Å². The van der Waals surface area contributed by atoms with Gasteiger partial charge in [0.25, 0.3) is 0 Å². The predicted octanol–water partition coefficient (Wildman–Crippen LogP) is 13.5. The highest BCUT2D eigenvalue weighted by atomic mass is 16.3. The lowest BCUT2D eigenvalue weighted by Crippen LogP contribution is -2.20. The van der Waals surface area contributed by atoms with E-state index in [4.69, 9.17) is 23.8 Å². The van der Waals surface area contributed by atoms with Crippen LogP contribution in [0, 0.1) is 0 Å². The van der Waals surface area contributed by atoms with E-state index in [0.29, 0.717) is 23.4 Å². The molecule has 2 aliphatic rings. The Morgan fingerprint density at radius 1 is 0.625 bits per heavy atom. The molecule has 0 saturated heterocycles. The Bertz CT molecular complexity index is 3130. The smallest absolute Gasteiger partial charge is 0.165 e. The number of benzene rings is 6. The first-order valence-electron chi connectivity index (χ1n) is 19.4. The molecule has 5 nitrogen and oxygen atoms in total. The minimum atomic E-state index is -0.115. The van der Waals surface area contributed by atoms with Gasteiger partial charge in [0.1, 0.15) is 22.5 Å². The van der Waals surface area contributed by atoms with Gasteiger partial charge >= 0.3 is 0 Å². The van der Waals surface area contributed by atoms with Crippen LogP contribution in [0.25, 0.3) is 89.5 Å². The van der Waals surface area contributed by atoms with E-state index in [1.54, 1.807) is 0 Å². The Hall–Kier alpha value is -6.85. The molecule has 0 bridgehead atoms. The highest BCUT2D eigenvalue weighted by Gasteiger charge is 2.29. The lowest BCUT2D eigenvalue weighted by atomic mass is 9.75. The molecule has 0 fully saturated rings. The minimum absolute atomic E-state index is 0.115. The van der Waals surface area contributed by atoms with Gasteiger partial charge in [0.05, 0.1) is 0 Å². The maximum absolute atomic E-state index is 6.52. The van der Waals surface area contributed by atoms with Crippen molar-refractivity contribution in [2.75, 3.05) is 0 Å². The van der Waals surface area contributed by atoms with Crippen molar-refractivity contribution in [3.63, 3.8) is 0 Å². The van der Waals surface area contributed by atoms with Crippen LogP contribution in [0.15, 0.2) is 161 Å². The average Bonchev–Trinajstić information content (AvgIpc) is 3.83. The Morgan fingerprint density at radius 3 is 2.27 bits per heavy atom. The highest BCUT2D eigenvalue weighted by molar-refractivity contribution is 6.14. The van der Waals surface area contributed by atoms with Gasteiger partial charge in [-0.15, -0.1) is 0 Å². The molecule has 0 spiro atoms. The van der Waals surface area contributed by atoms with Gasteiger partial charge in [-0.1, -0.05) is 135 Å². The molecule has 11 rings (SSSR count). The standard InChI is InChI=1S/C51H37N3O2/c1-31-12-10-20-41-44(31)46-39(18-11-21-42(46)56-41)49-52-48(35-23-22-32-13-6-7-14-34(32)30-35)53-50(54-49)47-37(24-25-43-45(47)38-17-8-9-19-40(38)55-43)33-26-28-51(2,29-27-33)36-15-4-3-5-16-36/h3-11,13-28,30-31H,12,29H2,1-2H3. The summed E-state index contributed by atoms with van der Waals surface area (Å²) in [7, 11) is 0. The van der Waals surface area contributed by atoms with E-state index < -0.39 is 0 Å². The largest absolute Gasteiger partial charge is 0.456 e. The fourth-order valence-electron chi connectivity index (χ4n) is 8.81. The monoisotopic (exact) mass is 723 g/mol. The fraction of sp³-hybridized carbons (Fsp3) is 0.118. The van der Waals surface area contributed by atoms with Crippen molar-refractivity contribution in [1.82, 2.24) is 15.0 Å². The molecular formula is C51H37N3O2. The van der Waals surface area contributed by atoms with Crippen molar-refractivity contribution in [3.8, 4) is 34.2 Å². The lowest BCUT2D eigenvalue weighted by molar-refractivity contribution is 0.586. The Kier molecular flexibility index (Phi) is 7.33. The van der Waals surface area contributed by atoms with Crippen molar-refractivity contribution in [1.29, 1.82) is 0 Å². The van der Waals surface area contributed by atoms with E-state index in [0.717, 1.165) is 90.1 Å². The predicted molar refractivity (Wildman–Crippen MR) is 228 cm³/mol. The molecule has 6 aromatic carbocycles. The first kappa shape index (κ1) is 32.6. The van der Waals surface area contributed by atoms with Gasteiger partial charge < -0.3 is 8.83 Å². The molecular weight excluding hydrogens is 687 g/mol. The zero-order valence-electron chi connectivity index (χ0n) is 31.2. The third-order valence-electron chi connectivity index (χ3n) is 11.8. The number of nitrogens with zero attached hydrogens (tertiary/aromatic N) is 3. The maximum atomic E-state index is 6.52. The van der Waals surface area contributed by atoms with Crippen LogP contribution in [0.5, 0.6) is 0 Å². The second-order valence-electron chi connectivity index (χ2n) is 15.4. The van der Waals surface area contributed by atoms with Gasteiger partial charge in [0, 0.05) is 43.8 Å². The number of fused-ring (bicyclic) bond motifs is 7. The van der Waals surface area contributed by atoms with E-state index in [9.17, 15) is 0 Å². The molecule has 0 aliphatic heterocycles. The lowest BCUT2D eigenvalue weighted by Gasteiger charge is -2.29. The summed E-state index contributed by atoms with van der Waals surface area (Å²) in [6.45, 7) is 4.57. The van der Waals surface area contributed by atoms with Crippen LogP contribution in [0.4, 0.5) is 0 Å². The summed E-state index contributed by atoms with van der Waals surface area (Å²) in [5.74, 6) is 3.01. The summed E-state index contributed by atoms with van der Waals surface area (Å²) < 4.78 is 13.0. The van der Waals surface area contributed by atoms with Crippen LogP contribution in [-0.2, 0) is 5.41 Å². The molecule has 3 aromatic heterocycles. The first-order valence-corrected chi connectivity index (χ1v) is 19.4. The second kappa shape index (κ2) is 12.6. The number of allylic oxidation sites excluding steroid dienone is 5. The average molecular weight is 724 g/mol. The summed E-state index contributed by atoms with van der Waals surface area (Å²) in [6.07, 6.45) is 13.1. The van der Waals surface area contributed by atoms with Crippen LogP contribution in [0.1, 0.15) is 55.1 Å². The summed E-state index contributed by atoms with van der Waals surface area (Å²) in [5.41, 5.74) is 9.80. The minimum Gasteiger partial charge on any atom is -0.456 e. The van der Waals surface area contributed by atoms with Gasteiger partial charge in [0.15, 0.2) is 17.5 Å². The zero-order valence-corrected chi connectivity index (χ0v) is 31.2. The Morgan fingerprint density at radius 2 is 1.39 bits per heavy atom. The van der Waals surface area contributed by atoms with Gasteiger partial charge in [-0.3, -0.25) is 0 Å². The number of rotatable bonds is 5. The fourth-order valence-corrected chi connectivity index (χ4v) is 8.81. The summed E-state index contributed by atoms with van der Waals surface area (Å²) in [5, 5.41) is 5.37. The molecule has 2 atom stereocenters. The third-order valence-corrected chi connectivity index (χ3v) is 11.8. The molecule has 3 heterocycles. The van der Waals surface area contributed by atoms with Crippen LogP contribution in [0.2, 0.25) is 0 Å². The van der Waals surface area contributed by atoms with E-state index in [-0.39, 0.29) is 5.41 Å². The number of aromatic nitrogens is 3. The zero-order chi connectivity index (χ0) is 37.4. The second-order valence-corrected chi connectivity index (χ2v) is 15.4. The summed E-state index contributed by atoms with van der Waals surface area (Å²) in [4.78, 5) is 16.2. The molecule has 5 heteroatoms. The van der Waals surface area contributed by atoms with Crippen molar-refractivity contribution in [2.24, 2.45) is 0 Å². The van der Waals surface area contributed by atoms with E-state index >= 15 is 0 Å². The molecule has 0 radical (unpaired) electrons. The van der Waals surface area contributed by atoms with Gasteiger partial charge in [0.2, 0.25) is 0 Å². The molecule has 0 saturated carbocycles. The van der Waals surface area contributed by atoms with E-state index in [1.807, 2.05) is 24.3 Å². The molecule has 2 aliphatic carbocycles. The summed E-state index contributed by atoms with van der Waals surface area (Å²) >= 11 is 0. The van der Waals surface area contributed by atoms with Gasteiger partial charge in [-0.2, -0.15) is 0 Å². The quantitative estimate of drug-likeness (QED) is 0.177. The van der Waals surface area contributed by atoms with Crippen LogP contribution < -0.4 is 0 Å². The summed E-state index contributed by atoms with van der Waals surface area (Å²) in [6, 6.07) is 44.3. The number of hydrogen-bond acceptors (Lipinski definition) is 5. The maximum Gasteiger partial charge on any atom is 0.165 e. The number of para-hydroxylation sites is 1. The van der Waals surface area contributed by atoms with Gasteiger partial charge in [-0.05, 0) is 82.6 Å². The van der Waals surface area contributed by atoms with Crippen molar-refractivity contribution < 1.29 is 8.83 Å². The molecule has 0 N–H and O–H groups in total. The van der Waals surface area contributed by atoms with Gasteiger partial charge in [-0.25, -0.2) is 15.0 Å². The van der Waals surface area contributed by atoms with Crippen LogP contribution >= 0.6 is 0 Å². The SMILES string of the molecule is CC1CC=Cc2oc3cccc(-c4nc(-c5ccc6ccccc6c5)nc(-c5c(C6=CCC(C)(c7ccccc7)C=C6)ccc6oc7ccccc7c56)n4)c3c21. The number of furan rings is 2. The molecule has 9 aromatic rings. The third kappa shape index (κ3) is 5.19. The van der Waals surface area contributed by atoms with E-state index in [1.165, 1.54) is 11.1 Å². The molecule has 56 heavy (non-hydrogen) atoms. The molecule has 2 unspecified atom stereocenters.